The Balaban J connectivity index is 1.75. The maximum atomic E-state index is 2.72. The molecule has 2 fully saturated rings. The van der Waals surface area contributed by atoms with Crippen molar-refractivity contribution in [2.45, 2.75) is 53.0 Å². The summed E-state index contributed by atoms with van der Waals surface area (Å²) in [6, 6.07) is 0.725. The molecule has 0 amide bonds. The Morgan fingerprint density at radius 3 is 1.94 bits per heavy atom. The molecule has 1 heterocycles. The van der Waals surface area contributed by atoms with E-state index < -0.39 is 0 Å². The largest absolute Gasteiger partial charge is 0.300 e. The first-order valence-corrected chi connectivity index (χ1v) is 7.47. The Morgan fingerprint density at radius 2 is 1.53 bits per heavy atom. The average molecular weight is 238 g/mol. The van der Waals surface area contributed by atoms with Crippen molar-refractivity contribution in [2.75, 3.05) is 32.7 Å². The van der Waals surface area contributed by atoms with E-state index in [4.69, 9.17) is 0 Å². The molecule has 0 aromatic carbocycles. The Morgan fingerprint density at radius 1 is 0.941 bits per heavy atom. The van der Waals surface area contributed by atoms with Crippen molar-refractivity contribution in [3.63, 3.8) is 0 Å². The second-order valence-electron chi connectivity index (χ2n) is 7.00. The van der Waals surface area contributed by atoms with Crippen LogP contribution in [0.4, 0.5) is 0 Å². The molecule has 0 N–H and O–H groups in total. The summed E-state index contributed by atoms with van der Waals surface area (Å²) in [7, 11) is 0. The summed E-state index contributed by atoms with van der Waals surface area (Å²) in [5, 5.41) is 0. The third-order valence-corrected chi connectivity index (χ3v) is 4.49. The second kappa shape index (κ2) is 5.27. The van der Waals surface area contributed by atoms with Crippen molar-refractivity contribution in [1.82, 2.24) is 9.80 Å². The molecule has 0 bridgehead atoms. The van der Waals surface area contributed by atoms with Gasteiger partial charge in [-0.2, -0.15) is 0 Å². The van der Waals surface area contributed by atoms with Gasteiger partial charge < -0.3 is 4.90 Å². The minimum Gasteiger partial charge on any atom is -0.300 e. The monoisotopic (exact) mass is 238 g/mol. The molecule has 1 saturated carbocycles. The van der Waals surface area contributed by atoms with Crippen LogP contribution >= 0.6 is 0 Å². The zero-order valence-electron chi connectivity index (χ0n) is 12.2. The molecule has 0 atom stereocenters. The highest BCUT2D eigenvalue weighted by Crippen LogP contribution is 2.51. The van der Waals surface area contributed by atoms with Gasteiger partial charge in [-0.05, 0) is 44.4 Å². The van der Waals surface area contributed by atoms with Gasteiger partial charge in [0.25, 0.3) is 0 Å². The lowest BCUT2D eigenvalue weighted by molar-refractivity contribution is 0.0894. The zero-order chi connectivity index (χ0) is 12.5. The van der Waals surface area contributed by atoms with E-state index in [2.05, 4.69) is 37.5 Å². The van der Waals surface area contributed by atoms with Crippen LogP contribution in [0.1, 0.15) is 47.0 Å². The number of piperazine rings is 1. The molecule has 2 aliphatic rings. The Hall–Kier alpha value is -0.0800. The average Bonchev–Trinajstić information content (AvgIpc) is 2.97. The van der Waals surface area contributed by atoms with Gasteiger partial charge in [0.05, 0.1) is 0 Å². The molecule has 17 heavy (non-hydrogen) atoms. The SMILES string of the molecule is CC(C)CC1(CN2CCN(C(C)C)CC2)CC1. The fourth-order valence-electron chi connectivity index (χ4n) is 3.38. The number of rotatable bonds is 5. The van der Waals surface area contributed by atoms with Crippen molar-refractivity contribution in [3.8, 4) is 0 Å². The van der Waals surface area contributed by atoms with Crippen LogP contribution in [0.2, 0.25) is 0 Å². The molecule has 1 aliphatic carbocycles. The summed E-state index contributed by atoms with van der Waals surface area (Å²) < 4.78 is 0. The molecular formula is C15H30N2. The van der Waals surface area contributed by atoms with E-state index >= 15 is 0 Å². The Kier molecular flexibility index (Phi) is 4.14. The summed E-state index contributed by atoms with van der Waals surface area (Å²) in [5.74, 6) is 0.870. The maximum Gasteiger partial charge on any atom is 0.0113 e. The number of hydrogen-bond acceptors (Lipinski definition) is 2. The van der Waals surface area contributed by atoms with E-state index in [0.29, 0.717) is 5.41 Å². The van der Waals surface area contributed by atoms with Crippen LogP contribution in [0.15, 0.2) is 0 Å². The van der Waals surface area contributed by atoms with Gasteiger partial charge >= 0.3 is 0 Å². The van der Waals surface area contributed by atoms with Gasteiger partial charge in [-0.25, -0.2) is 0 Å². The fourth-order valence-corrected chi connectivity index (χ4v) is 3.38. The first-order valence-electron chi connectivity index (χ1n) is 7.47. The van der Waals surface area contributed by atoms with Crippen LogP contribution in [0.3, 0.4) is 0 Å². The lowest BCUT2D eigenvalue weighted by Gasteiger charge is -2.38. The predicted octanol–water partition coefficient (Wildman–Crippen LogP) is 2.84. The molecule has 2 nitrogen and oxygen atoms in total. The smallest absolute Gasteiger partial charge is 0.0113 e. The van der Waals surface area contributed by atoms with Crippen molar-refractivity contribution in [2.24, 2.45) is 11.3 Å². The normalized spacial score (nSPS) is 25.8. The molecule has 0 spiro atoms. The first-order chi connectivity index (χ1) is 8.01. The predicted molar refractivity (Wildman–Crippen MR) is 74.3 cm³/mol. The standard InChI is InChI=1S/C15H30N2/c1-13(2)11-15(5-6-15)12-16-7-9-17(10-8-16)14(3)4/h13-14H,5-12H2,1-4H3. The van der Waals surface area contributed by atoms with Gasteiger partial charge in [-0.15, -0.1) is 0 Å². The molecule has 0 unspecified atom stereocenters. The number of nitrogens with zero attached hydrogens (tertiary/aromatic N) is 2. The van der Waals surface area contributed by atoms with Crippen LogP contribution in [-0.4, -0.2) is 48.6 Å². The third kappa shape index (κ3) is 3.69. The zero-order valence-corrected chi connectivity index (χ0v) is 12.2. The highest BCUT2D eigenvalue weighted by molar-refractivity contribution is 4.96. The molecule has 0 radical (unpaired) electrons. The van der Waals surface area contributed by atoms with Crippen molar-refractivity contribution in [3.05, 3.63) is 0 Å². The van der Waals surface area contributed by atoms with Crippen molar-refractivity contribution in [1.29, 1.82) is 0 Å². The minimum atomic E-state index is 0.716. The molecule has 2 rings (SSSR count). The lowest BCUT2D eigenvalue weighted by atomic mass is 9.93. The second-order valence-corrected chi connectivity index (χ2v) is 7.00. The van der Waals surface area contributed by atoms with Gasteiger partial charge in [0.15, 0.2) is 0 Å². The molecular weight excluding hydrogens is 208 g/mol. The summed E-state index contributed by atoms with van der Waals surface area (Å²) in [6.45, 7) is 15.9. The summed E-state index contributed by atoms with van der Waals surface area (Å²) in [5.41, 5.74) is 0.716. The van der Waals surface area contributed by atoms with E-state index in [0.717, 1.165) is 12.0 Å². The molecule has 0 aromatic rings. The molecule has 2 heteroatoms. The van der Waals surface area contributed by atoms with E-state index in [1.54, 1.807) is 0 Å². The topological polar surface area (TPSA) is 6.48 Å². The highest BCUT2D eigenvalue weighted by Gasteiger charge is 2.44. The van der Waals surface area contributed by atoms with E-state index in [1.807, 2.05) is 0 Å². The van der Waals surface area contributed by atoms with Crippen LogP contribution in [-0.2, 0) is 0 Å². The third-order valence-electron chi connectivity index (χ3n) is 4.49. The van der Waals surface area contributed by atoms with Gasteiger partial charge in [-0.1, -0.05) is 13.8 Å². The summed E-state index contributed by atoms with van der Waals surface area (Å²) in [4.78, 5) is 5.33. The summed E-state index contributed by atoms with van der Waals surface area (Å²) >= 11 is 0. The van der Waals surface area contributed by atoms with Gasteiger partial charge in [0.1, 0.15) is 0 Å². The van der Waals surface area contributed by atoms with Gasteiger partial charge in [0.2, 0.25) is 0 Å². The molecule has 1 aliphatic heterocycles. The fraction of sp³-hybridized carbons (Fsp3) is 1.00. The highest BCUT2D eigenvalue weighted by atomic mass is 15.3. The Bertz CT molecular complexity index is 235. The molecule has 1 saturated heterocycles. The van der Waals surface area contributed by atoms with Crippen LogP contribution in [0, 0.1) is 11.3 Å². The first kappa shape index (κ1) is 13.4. The van der Waals surface area contributed by atoms with Crippen molar-refractivity contribution >= 4 is 0 Å². The molecule has 100 valence electrons. The van der Waals surface area contributed by atoms with Gasteiger partial charge in [0, 0.05) is 38.8 Å². The van der Waals surface area contributed by atoms with Gasteiger partial charge in [-0.3, -0.25) is 4.90 Å². The summed E-state index contributed by atoms with van der Waals surface area (Å²) in [6.07, 6.45) is 4.41. The maximum absolute atomic E-state index is 2.72. The lowest BCUT2D eigenvalue weighted by Crippen LogP contribution is -2.50. The molecule has 0 aromatic heterocycles. The van der Waals surface area contributed by atoms with Crippen LogP contribution in [0.5, 0.6) is 0 Å². The van der Waals surface area contributed by atoms with E-state index in [-0.39, 0.29) is 0 Å². The van der Waals surface area contributed by atoms with Crippen LogP contribution < -0.4 is 0 Å². The van der Waals surface area contributed by atoms with Crippen LogP contribution in [0.25, 0.3) is 0 Å². The minimum absolute atomic E-state index is 0.716. The number of hydrogen-bond donors (Lipinski definition) is 0. The van der Waals surface area contributed by atoms with E-state index in [1.165, 1.54) is 52.0 Å². The Labute approximate surface area is 107 Å². The van der Waals surface area contributed by atoms with E-state index in [9.17, 15) is 0 Å². The quantitative estimate of drug-likeness (QED) is 0.727. The van der Waals surface area contributed by atoms with Crippen molar-refractivity contribution < 1.29 is 0 Å².